The summed E-state index contributed by atoms with van der Waals surface area (Å²) in [4.78, 5) is 11.7. The van der Waals surface area contributed by atoms with Crippen LogP contribution in [0.5, 0.6) is 5.75 Å². The van der Waals surface area contributed by atoms with Crippen molar-refractivity contribution in [2.45, 2.75) is 13.0 Å². The Labute approximate surface area is 149 Å². The normalized spacial score (nSPS) is 10.8. The fourth-order valence-corrected chi connectivity index (χ4v) is 2.10. The van der Waals surface area contributed by atoms with Gasteiger partial charge in [0.25, 0.3) is 0 Å². The van der Waals surface area contributed by atoms with Gasteiger partial charge in [-0.05, 0) is 40.5 Å². The van der Waals surface area contributed by atoms with Crippen LogP contribution in [0, 0.1) is 0 Å². The number of carbonyl (C=O) groups is 1. The van der Waals surface area contributed by atoms with Crippen molar-refractivity contribution in [2.24, 2.45) is 5.10 Å². The second kappa shape index (κ2) is 8.43. The fourth-order valence-electron chi connectivity index (χ4n) is 2.10. The minimum Gasteiger partial charge on any atom is -0.489 e. The van der Waals surface area contributed by atoms with E-state index in [0.29, 0.717) is 6.61 Å². The molecule has 0 aliphatic carbocycles. The van der Waals surface area contributed by atoms with Crippen molar-refractivity contribution in [2.75, 3.05) is 5.73 Å². The molecule has 1 heterocycles. The largest absolute Gasteiger partial charge is 0.489 e. The SMILES string of the molecule is Nc1nonc1CC(=O)NN=Cc1ccc(OCc2ccccc2)cc1. The van der Waals surface area contributed by atoms with Gasteiger partial charge in [0.1, 0.15) is 18.1 Å². The summed E-state index contributed by atoms with van der Waals surface area (Å²) in [6.45, 7) is 0.504. The van der Waals surface area contributed by atoms with Crippen LogP contribution in [-0.2, 0) is 17.8 Å². The number of nitrogens with one attached hydrogen (secondary N) is 1. The molecule has 0 radical (unpaired) electrons. The summed E-state index contributed by atoms with van der Waals surface area (Å²) >= 11 is 0. The first-order chi connectivity index (χ1) is 12.7. The maximum absolute atomic E-state index is 11.7. The fraction of sp³-hybridized carbons (Fsp3) is 0.111. The maximum atomic E-state index is 11.7. The highest BCUT2D eigenvalue weighted by Gasteiger charge is 2.10. The van der Waals surface area contributed by atoms with Crippen LogP contribution < -0.4 is 15.9 Å². The number of benzene rings is 2. The van der Waals surface area contributed by atoms with Crippen molar-refractivity contribution >= 4 is 17.9 Å². The molecule has 3 rings (SSSR count). The van der Waals surface area contributed by atoms with Gasteiger partial charge in [0.15, 0.2) is 5.82 Å². The zero-order valence-electron chi connectivity index (χ0n) is 13.8. The van der Waals surface area contributed by atoms with Gasteiger partial charge in [0, 0.05) is 0 Å². The van der Waals surface area contributed by atoms with Crippen molar-refractivity contribution in [1.82, 2.24) is 15.7 Å². The smallest absolute Gasteiger partial charge is 0.246 e. The zero-order valence-corrected chi connectivity index (χ0v) is 13.8. The summed E-state index contributed by atoms with van der Waals surface area (Å²) in [6, 6.07) is 17.3. The minimum absolute atomic E-state index is 0.0566. The maximum Gasteiger partial charge on any atom is 0.246 e. The number of hydrazone groups is 1. The van der Waals surface area contributed by atoms with Crippen molar-refractivity contribution < 1.29 is 14.2 Å². The van der Waals surface area contributed by atoms with Crippen molar-refractivity contribution in [3.05, 3.63) is 71.4 Å². The summed E-state index contributed by atoms with van der Waals surface area (Å²) in [6.07, 6.45) is 1.47. The van der Waals surface area contributed by atoms with E-state index in [1.54, 1.807) is 0 Å². The van der Waals surface area contributed by atoms with E-state index in [4.69, 9.17) is 10.5 Å². The van der Waals surface area contributed by atoms with E-state index in [-0.39, 0.29) is 23.8 Å². The molecule has 0 saturated carbocycles. The first-order valence-electron chi connectivity index (χ1n) is 7.86. The lowest BCUT2D eigenvalue weighted by Crippen LogP contribution is -2.20. The van der Waals surface area contributed by atoms with Crippen LogP contribution in [0.1, 0.15) is 16.8 Å². The van der Waals surface area contributed by atoms with Gasteiger partial charge in [-0.15, -0.1) is 0 Å². The number of rotatable bonds is 7. The molecule has 0 bridgehead atoms. The highest BCUT2D eigenvalue weighted by Crippen LogP contribution is 2.13. The summed E-state index contributed by atoms with van der Waals surface area (Å²) in [7, 11) is 0. The Morgan fingerprint density at radius 2 is 1.92 bits per heavy atom. The molecular weight excluding hydrogens is 334 g/mol. The molecule has 0 saturated heterocycles. The molecule has 1 amide bonds. The van der Waals surface area contributed by atoms with Crippen molar-refractivity contribution in [3.8, 4) is 5.75 Å². The molecule has 3 N–H and O–H groups in total. The summed E-state index contributed by atoms with van der Waals surface area (Å²) in [5.74, 6) is 0.478. The van der Waals surface area contributed by atoms with Gasteiger partial charge in [-0.25, -0.2) is 10.1 Å². The van der Waals surface area contributed by atoms with E-state index in [0.717, 1.165) is 16.9 Å². The van der Waals surface area contributed by atoms with Crippen molar-refractivity contribution in [1.29, 1.82) is 0 Å². The van der Waals surface area contributed by atoms with Crippen LogP contribution in [0.2, 0.25) is 0 Å². The van der Waals surface area contributed by atoms with Gasteiger partial charge in [-0.3, -0.25) is 4.79 Å². The van der Waals surface area contributed by atoms with E-state index in [9.17, 15) is 4.79 Å². The zero-order chi connectivity index (χ0) is 18.2. The number of carbonyl (C=O) groups excluding carboxylic acids is 1. The van der Waals surface area contributed by atoms with Crippen molar-refractivity contribution in [3.63, 3.8) is 0 Å². The first kappa shape index (κ1) is 17.2. The van der Waals surface area contributed by atoms with Crippen LogP contribution in [-0.4, -0.2) is 22.4 Å². The quantitative estimate of drug-likeness (QED) is 0.496. The third kappa shape index (κ3) is 4.91. The monoisotopic (exact) mass is 351 g/mol. The molecule has 0 fully saturated rings. The molecule has 132 valence electrons. The van der Waals surface area contributed by atoms with Crippen LogP contribution in [0.4, 0.5) is 5.82 Å². The summed E-state index contributed by atoms with van der Waals surface area (Å²) in [5, 5.41) is 10.8. The number of amides is 1. The molecular formula is C18H17N5O3. The second-order valence-electron chi connectivity index (χ2n) is 5.41. The molecule has 1 aromatic heterocycles. The highest BCUT2D eigenvalue weighted by atomic mass is 16.6. The van der Waals surface area contributed by atoms with Gasteiger partial charge in [-0.1, -0.05) is 35.5 Å². The van der Waals surface area contributed by atoms with Crippen LogP contribution in [0.3, 0.4) is 0 Å². The Hall–Kier alpha value is -3.68. The first-order valence-corrected chi connectivity index (χ1v) is 7.86. The Morgan fingerprint density at radius 3 is 2.62 bits per heavy atom. The molecule has 8 heteroatoms. The van der Waals surface area contributed by atoms with E-state index in [1.165, 1.54) is 6.21 Å². The third-order valence-corrected chi connectivity index (χ3v) is 3.45. The molecule has 0 unspecified atom stereocenters. The minimum atomic E-state index is -0.369. The number of nitrogens with zero attached hydrogens (tertiary/aromatic N) is 3. The topological polar surface area (TPSA) is 116 Å². The predicted octanol–water partition coefficient (Wildman–Crippen LogP) is 1.92. The van der Waals surface area contributed by atoms with E-state index in [2.05, 4.69) is 25.5 Å². The van der Waals surface area contributed by atoms with E-state index in [1.807, 2.05) is 54.6 Å². The average molecular weight is 351 g/mol. The van der Waals surface area contributed by atoms with Gasteiger partial charge in [0.05, 0.1) is 12.6 Å². The lowest BCUT2D eigenvalue weighted by molar-refractivity contribution is -0.120. The van der Waals surface area contributed by atoms with E-state index < -0.39 is 0 Å². The van der Waals surface area contributed by atoms with Gasteiger partial charge in [0.2, 0.25) is 5.91 Å². The van der Waals surface area contributed by atoms with Gasteiger partial charge in [-0.2, -0.15) is 5.10 Å². The number of aromatic nitrogens is 2. The Bertz CT molecular complexity index is 875. The summed E-state index contributed by atoms with van der Waals surface area (Å²) < 4.78 is 10.1. The molecule has 0 aliphatic rings. The Balaban J connectivity index is 1.47. The number of anilines is 1. The number of hydrogen-bond acceptors (Lipinski definition) is 7. The Kier molecular flexibility index (Phi) is 5.56. The highest BCUT2D eigenvalue weighted by molar-refractivity contribution is 5.83. The van der Waals surface area contributed by atoms with Crippen LogP contribution in [0.15, 0.2) is 64.3 Å². The number of nitrogen functional groups attached to an aromatic ring is 1. The standard InChI is InChI=1S/C18H17N5O3/c19-18-16(22-26-23-18)10-17(24)21-20-11-13-6-8-15(9-7-13)25-12-14-4-2-1-3-5-14/h1-9,11H,10,12H2,(H2,19,23)(H,21,24). The molecule has 8 nitrogen and oxygen atoms in total. The van der Waals surface area contributed by atoms with Crippen LogP contribution in [0.25, 0.3) is 0 Å². The molecule has 26 heavy (non-hydrogen) atoms. The average Bonchev–Trinajstić information content (AvgIpc) is 3.06. The summed E-state index contributed by atoms with van der Waals surface area (Å²) in [5.41, 5.74) is 10.1. The molecule has 0 atom stereocenters. The van der Waals surface area contributed by atoms with Gasteiger partial charge < -0.3 is 10.5 Å². The molecule has 0 spiro atoms. The number of ether oxygens (including phenoxy) is 1. The Morgan fingerprint density at radius 1 is 1.15 bits per heavy atom. The lowest BCUT2D eigenvalue weighted by Gasteiger charge is -2.06. The molecule has 0 aliphatic heterocycles. The molecule has 3 aromatic rings. The second-order valence-corrected chi connectivity index (χ2v) is 5.41. The predicted molar refractivity (Wildman–Crippen MR) is 95.4 cm³/mol. The molecule has 2 aromatic carbocycles. The number of hydrogen-bond donors (Lipinski definition) is 2. The third-order valence-electron chi connectivity index (χ3n) is 3.45. The lowest BCUT2D eigenvalue weighted by atomic mass is 10.2. The van der Waals surface area contributed by atoms with Crippen LogP contribution >= 0.6 is 0 Å². The number of nitrogens with two attached hydrogens (primary N) is 1. The van der Waals surface area contributed by atoms with E-state index >= 15 is 0 Å². The van der Waals surface area contributed by atoms with Gasteiger partial charge >= 0.3 is 0 Å².